The Balaban J connectivity index is 2.20. The lowest BCUT2D eigenvalue weighted by Gasteiger charge is -2.43. The third-order valence-electron chi connectivity index (χ3n) is 4.49. The van der Waals surface area contributed by atoms with Crippen molar-refractivity contribution in [2.24, 2.45) is 11.7 Å². The smallest absolute Gasteiger partial charge is 0.175 e. The van der Waals surface area contributed by atoms with Crippen molar-refractivity contribution < 1.29 is 8.42 Å². The zero-order chi connectivity index (χ0) is 14.8. The van der Waals surface area contributed by atoms with Gasteiger partial charge in [-0.1, -0.05) is 19.8 Å². The highest BCUT2D eigenvalue weighted by Gasteiger charge is 2.36. The third kappa shape index (κ3) is 3.15. The molecule has 1 aromatic rings. The summed E-state index contributed by atoms with van der Waals surface area (Å²) < 4.78 is 22.9. The highest BCUT2D eigenvalue weighted by atomic mass is 32.2. The normalized spacial score (nSPS) is 27.2. The molecule has 2 atom stereocenters. The van der Waals surface area contributed by atoms with Crippen molar-refractivity contribution in [2.45, 2.75) is 43.0 Å². The van der Waals surface area contributed by atoms with E-state index < -0.39 is 9.84 Å². The Morgan fingerprint density at radius 3 is 2.45 bits per heavy atom. The molecule has 1 saturated carbocycles. The lowest BCUT2D eigenvalue weighted by Crippen LogP contribution is -2.52. The quantitative estimate of drug-likeness (QED) is 0.895. The predicted molar refractivity (Wildman–Crippen MR) is 82.6 cm³/mol. The number of hydrogen-bond acceptors (Lipinski definition) is 4. The summed E-state index contributed by atoms with van der Waals surface area (Å²) in [6.45, 7) is 2.84. The van der Waals surface area contributed by atoms with Crippen LogP contribution < -0.4 is 11.1 Å². The monoisotopic (exact) mass is 296 g/mol. The molecule has 0 amide bonds. The first-order valence-corrected chi connectivity index (χ1v) is 9.05. The Labute approximate surface area is 121 Å². The molecule has 0 radical (unpaired) electrons. The molecule has 0 spiro atoms. The zero-order valence-electron chi connectivity index (χ0n) is 12.2. The number of benzene rings is 1. The van der Waals surface area contributed by atoms with Gasteiger partial charge in [-0.25, -0.2) is 8.42 Å². The van der Waals surface area contributed by atoms with Gasteiger partial charge in [0, 0.05) is 18.5 Å². The van der Waals surface area contributed by atoms with Gasteiger partial charge >= 0.3 is 0 Å². The Hall–Kier alpha value is -1.07. The maximum Gasteiger partial charge on any atom is 0.175 e. The lowest BCUT2D eigenvalue weighted by molar-refractivity contribution is 0.235. The number of anilines is 1. The molecule has 1 aliphatic carbocycles. The lowest BCUT2D eigenvalue weighted by atomic mass is 9.73. The van der Waals surface area contributed by atoms with Crippen LogP contribution in [0.3, 0.4) is 0 Å². The molecule has 2 rings (SSSR count). The van der Waals surface area contributed by atoms with Crippen molar-refractivity contribution in [3.63, 3.8) is 0 Å². The molecule has 4 nitrogen and oxygen atoms in total. The molecular weight excluding hydrogens is 272 g/mol. The van der Waals surface area contributed by atoms with Crippen molar-refractivity contribution in [1.29, 1.82) is 0 Å². The van der Waals surface area contributed by atoms with Gasteiger partial charge in [0.15, 0.2) is 9.84 Å². The van der Waals surface area contributed by atoms with Gasteiger partial charge in [-0.2, -0.15) is 0 Å². The third-order valence-corrected chi connectivity index (χ3v) is 5.62. The Bertz CT molecular complexity index is 554. The molecule has 1 aliphatic rings. The topological polar surface area (TPSA) is 72.2 Å². The summed E-state index contributed by atoms with van der Waals surface area (Å²) in [6.07, 6.45) is 5.93. The van der Waals surface area contributed by atoms with Gasteiger partial charge < -0.3 is 11.1 Å². The van der Waals surface area contributed by atoms with E-state index in [0.29, 0.717) is 17.4 Å². The highest BCUT2D eigenvalue weighted by Crippen LogP contribution is 2.35. The fourth-order valence-electron chi connectivity index (χ4n) is 3.03. The van der Waals surface area contributed by atoms with Crippen LogP contribution in [0, 0.1) is 5.92 Å². The van der Waals surface area contributed by atoms with Crippen LogP contribution >= 0.6 is 0 Å². The summed E-state index contributed by atoms with van der Waals surface area (Å²) in [4.78, 5) is 0.349. The minimum atomic E-state index is -3.14. The van der Waals surface area contributed by atoms with E-state index in [1.54, 1.807) is 12.1 Å². The van der Waals surface area contributed by atoms with Crippen molar-refractivity contribution in [2.75, 3.05) is 18.1 Å². The van der Waals surface area contributed by atoms with E-state index >= 15 is 0 Å². The van der Waals surface area contributed by atoms with Crippen LogP contribution in [0.2, 0.25) is 0 Å². The van der Waals surface area contributed by atoms with Crippen LogP contribution in [0.15, 0.2) is 29.2 Å². The maximum absolute atomic E-state index is 11.5. The second-order valence-corrected chi connectivity index (χ2v) is 7.94. The van der Waals surface area contributed by atoms with Gasteiger partial charge in [-0.05, 0) is 43.0 Å². The molecule has 1 aromatic carbocycles. The number of hydrogen-bond donors (Lipinski definition) is 2. The molecule has 5 heteroatoms. The van der Waals surface area contributed by atoms with Crippen LogP contribution in [-0.4, -0.2) is 26.8 Å². The van der Waals surface area contributed by atoms with Crippen LogP contribution in [0.1, 0.15) is 32.6 Å². The van der Waals surface area contributed by atoms with E-state index in [0.717, 1.165) is 12.1 Å². The van der Waals surface area contributed by atoms with E-state index in [1.165, 1.54) is 25.5 Å². The number of sulfone groups is 1. The minimum absolute atomic E-state index is 0.0646. The first-order valence-electron chi connectivity index (χ1n) is 7.16. The summed E-state index contributed by atoms with van der Waals surface area (Å²) in [5.74, 6) is 0.524. The molecule has 1 fully saturated rings. The molecule has 0 aliphatic heterocycles. The largest absolute Gasteiger partial charge is 0.378 e. The summed E-state index contributed by atoms with van der Waals surface area (Å²) in [6, 6.07) is 6.95. The summed E-state index contributed by atoms with van der Waals surface area (Å²) in [5, 5.41) is 3.55. The second-order valence-electron chi connectivity index (χ2n) is 5.93. The molecule has 0 aromatic heterocycles. The number of nitrogens with two attached hydrogens (primary N) is 1. The fourth-order valence-corrected chi connectivity index (χ4v) is 3.66. The van der Waals surface area contributed by atoms with Gasteiger partial charge in [-0.15, -0.1) is 0 Å². The van der Waals surface area contributed by atoms with Gasteiger partial charge in [0.05, 0.1) is 10.4 Å². The number of rotatable bonds is 4. The molecule has 20 heavy (non-hydrogen) atoms. The van der Waals surface area contributed by atoms with Crippen LogP contribution in [0.4, 0.5) is 5.69 Å². The van der Waals surface area contributed by atoms with Gasteiger partial charge in [0.1, 0.15) is 0 Å². The van der Waals surface area contributed by atoms with Gasteiger partial charge in [-0.3, -0.25) is 0 Å². The average Bonchev–Trinajstić information content (AvgIpc) is 2.41. The summed E-state index contributed by atoms with van der Waals surface area (Å²) in [7, 11) is -3.14. The Morgan fingerprint density at radius 1 is 1.30 bits per heavy atom. The Kier molecular flexibility index (Phi) is 4.39. The predicted octanol–water partition coefficient (Wildman–Crippen LogP) is 2.41. The first kappa shape index (κ1) is 15.3. The first-order chi connectivity index (χ1) is 9.37. The van der Waals surface area contributed by atoms with E-state index in [9.17, 15) is 8.42 Å². The van der Waals surface area contributed by atoms with Crippen molar-refractivity contribution in [1.82, 2.24) is 0 Å². The summed E-state index contributed by atoms with van der Waals surface area (Å²) in [5.41, 5.74) is 6.89. The maximum atomic E-state index is 11.5. The molecular formula is C15H24N2O2S. The van der Waals surface area contributed by atoms with Crippen molar-refractivity contribution in [3.05, 3.63) is 24.3 Å². The molecule has 112 valence electrons. The van der Waals surface area contributed by atoms with Crippen molar-refractivity contribution in [3.8, 4) is 0 Å². The summed E-state index contributed by atoms with van der Waals surface area (Å²) >= 11 is 0. The van der Waals surface area contributed by atoms with E-state index in [-0.39, 0.29) is 5.54 Å². The van der Waals surface area contributed by atoms with Crippen LogP contribution in [0.5, 0.6) is 0 Å². The standard InChI is InChI=1S/C15H24N2O2S/c1-12-5-3-4-10-15(12,11-16)17-13-6-8-14(9-7-13)20(2,18)19/h6-9,12,17H,3-5,10-11,16H2,1-2H3. The SMILES string of the molecule is CC1CCCCC1(CN)Nc1ccc(S(C)(=O)=O)cc1. The minimum Gasteiger partial charge on any atom is -0.378 e. The van der Waals surface area contributed by atoms with Crippen LogP contribution in [-0.2, 0) is 9.84 Å². The second kappa shape index (κ2) is 5.74. The number of nitrogens with one attached hydrogen (secondary N) is 1. The molecule has 0 saturated heterocycles. The molecule has 3 N–H and O–H groups in total. The zero-order valence-corrected chi connectivity index (χ0v) is 13.0. The van der Waals surface area contributed by atoms with E-state index in [1.807, 2.05) is 12.1 Å². The highest BCUT2D eigenvalue weighted by molar-refractivity contribution is 7.90. The Morgan fingerprint density at radius 2 is 1.95 bits per heavy atom. The fraction of sp³-hybridized carbons (Fsp3) is 0.600. The molecule has 0 heterocycles. The van der Waals surface area contributed by atoms with E-state index in [4.69, 9.17) is 5.73 Å². The van der Waals surface area contributed by atoms with Crippen LogP contribution in [0.25, 0.3) is 0 Å². The molecule has 2 unspecified atom stereocenters. The van der Waals surface area contributed by atoms with Gasteiger partial charge in [0.2, 0.25) is 0 Å². The van der Waals surface area contributed by atoms with E-state index in [2.05, 4.69) is 12.2 Å². The average molecular weight is 296 g/mol. The molecule has 0 bridgehead atoms. The van der Waals surface area contributed by atoms with Gasteiger partial charge in [0.25, 0.3) is 0 Å². The van der Waals surface area contributed by atoms with Crippen molar-refractivity contribution >= 4 is 15.5 Å².